The van der Waals surface area contributed by atoms with Crippen LogP contribution in [0, 0.1) is 0 Å². The molecule has 0 fully saturated rings. The zero-order valence-electron chi connectivity index (χ0n) is 11.7. The highest BCUT2D eigenvalue weighted by Gasteiger charge is 2.05. The molecule has 2 N–H and O–H groups in total. The van der Waals surface area contributed by atoms with Crippen LogP contribution in [0.1, 0.15) is 5.56 Å². The van der Waals surface area contributed by atoms with E-state index in [0.29, 0.717) is 11.5 Å². The van der Waals surface area contributed by atoms with Gasteiger partial charge < -0.3 is 10.1 Å². The Hall–Kier alpha value is -3.14. The fraction of sp³-hybridized carbons (Fsp3) is 0. The summed E-state index contributed by atoms with van der Waals surface area (Å²) in [6, 6.07) is 19.2. The van der Waals surface area contributed by atoms with Gasteiger partial charge in [0.25, 0.3) is 0 Å². The summed E-state index contributed by atoms with van der Waals surface area (Å²) in [5.41, 5.74) is 2.51. The number of imidazole rings is 1. The minimum absolute atomic E-state index is 0.207. The molecule has 1 aromatic heterocycles. The lowest BCUT2D eigenvalue weighted by Gasteiger charge is -2.04. The first-order valence-corrected chi connectivity index (χ1v) is 7.01. The van der Waals surface area contributed by atoms with E-state index >= 15 is 0 Å². The highest BCUT2D eigenvalue weighted by Crippen LogP contribution is 2.26. The number of aromatic amines is 1. The number of hydrogen-bond acceptors (Lipinski definition) is 3. The summed E-state index contributed by atoms with van der Waals surface area (Å²) in [4.78, 5) is 11.9. The van der Waals surface area contributed by atoms with E-state index in [1.165, 1.54) is 0 Å². The number of fused-ring (bicyclic) bond motifs is 2. The second kappa shape index (κ2) is 5.00. The Bertz CT molecular complexity index is 968. The van der Waals surface area contributed by atoms with Crippen molar-refractivity contribution in [2.24, 2.45) is 4.99 Å². The largest absolute Gasteiger partial charge is 0.507 e. The molecular formula is C18H13N3O. The van der Waals surface area contributed by atoms with Crippen molar-refractivity contribution in [1.82, 2.24) is 9.97 Å². The van der Waals surface area contributed by atoms with E-state index in [9.17, 15) is 5.11 Å². The second-order valence-corrected chi connectivity index (χ2v) is 5.06. The van der Waals surface area contributed by atoms with Crippen LogP contribution in [0.25, 0.3) is 21.8 Å². The molecule has 0 radical (unpaired) electrons. The molecule has 0 unspecified atom stereocenters. The van der Waals surface area contributed by atoms with E-state index in [-0.39, 0.29) is 5.75 Å². The zero-order valence-corrected chi connectivity index (χ0v) is 11.7. The van der Waals surface area contributed by atoms with Gasteiger partial charge >= 0.3 is 0 Å². The number of aromatic nitrogens is 2. The van der Waals surface area contributed by atoms with E-state index in [1.54, 1.807) is 12.3 Å². The summed E-state index contributed by atoms with van der Waals surface area (Å²) in [5.74, 6) is 0.729. The second-order valence-electron chi connectivity index (χ2n) is 5.06. The molecule has 0 aliphatic carbocycles. The zero-order chi connectivity index (χ0) is 14.9. The average Bonchev–Trinajstić information content (AvgIpc) is 2.97. The summed E-state index contributed by atoms with van der Waals surface area (Å²) < 4.78 is 0. The number of hydrogen-bond donors (Lipinski definition) is 2. The Labute approximate surface area is 126 Å². The minimum atomic E-state index is 0.207. The van der Waals surface area contributed by atoms with Crippen molar-refractivity contribution in [3.05, 3.63) is 66.2 Å². The number of aliphatic imine (C=N–C) groups is 1. The van der Waals surface area contributed by atoms with Crippen LogP contribution in [0.3, 0.4) is 0 Å². The van der Waals surface area contributed by atoms with Gasteiger partial charge in [-0.15, -0.1) is 0 Å². The van der Waals surface area contributed by atoms with Crippen molar-refractivity contribution < 1.29 is 5.11 Å². The van der Waals surface area contributed by atoms with Crippen LogP contribution < -0.4 is 0 Å². The SMILES string of the molecule is Oc1ccc2ccccc2c1/C=N/c1nc2ccccc2[nH]1. The molecule has 0 amide bonds. The maximum absolute atomic E-state index is 10.1. The lowest BCUT2D eigenvalue weighted by atomic mass is 10.0. The van der Waals surface area contributed by atoms with Gasteiger partial charge in [0.15, 0.2) is 0 Å². The van der Waals surface area contributed by atoms with Crippen LogP contribution in [-0.4, -0.2) is 21.3 Å². The van der Waals surface area contributed by atoms with E-state index in [0.717, 1.165) is 21.8 Å². The number of nitrogens with zero attached hydrogens (tertiary/aromatic N) is 2. The third-order valence-corrected chi connectivity index (χ3v) is 3.64. The van der Waals surface area contributed by atoms with Crippen LogP contribution in [0.2, 0.25) is 0 Å². The van der Waals surface area contributed by atoms with Crippen molar-refractivity contribution in [2.75, 3.05) is 0 Å². The minimum Gasteiger partial charge on any atom is -0.507 e. The first kappa shape index (κ1) is 12.6. The molecule has 0 atom stereocenters. The molecule has 4 nitrogen and oxygen atoms in total. The van der Waals surface area contributed by atoms with Gasteiger partial charge in [0.1, 0.15) is 5.75 Å². The van der Waals surface area contributed by atoms with E-state index in [1.807, 2.05) is 54.6 Å². The molecule has 0 saturated heterocycles. The van der Waals surface area contributed by atoms with Crippen molar-refractivity contribution in [3.63, 3.8) is 0 Å². The predicted octanol–water partition coefficient (Wildman–Crippen LogP) is 4.17. The molecule has 0 spiro atoms. The molecule has 106 valence electrons. The molecule has 4 aromatic rings. The lowest BCUT2D eigenvalue weighted by molar-refractivity contribution is 0.475. The Morgan fingerprint density at radius 2 is 1.77 bits per heavy atom. The molecule has 22 heavy (non-hydrogen) atoms. The number of H-pyrrole nitrogens is 1. The number of phenolic OH excluding ortho intramolecular Hbond substituents is 1. The van der Waals surface area contributed by atoms with Crippen LogP contribution in [-0.2, 0) is 0 Å². The summed E-state index contributed by atoms with van der Waals surface area (Å²) in [6.45, 7) is 0. The van der Waals surface area contributed by atoms with Gasteiger partial charge in [-0.25, -0.2) is 9.98 Å². The maximum atomic E-state index is 10.1. The van der Waals surface area contributed by atoms with Gasteiger partial charge in [0.2, 0.25) is 5.95 Å². The highest BCUT2D eigenvalue weighted by molar-refractivity contribution is 6.02. The fourth-order valence-corrected chi connectivity index (χ4v) is 2.55. The van der Waals surface area contributed by atoms with E-state index < -0.39 is 0 Å². The number of nitrogens with one attached hydrogen (secondary N) is 1. The van der Waals surface area contributed by atoms with Crippen molar-refractivity contribution in [1.29, 1.82) is 0 Å². The summed E-state index contributed by atoms with van der Waals surface area (Å²) in [6.07, 6.45) is 1.65. The number of para-hydroxylation sites is 2. The summed E-state index contributed by atoms with van der Waals surface area (Å²) in [7, 11) is 0. The van der Waals surface area contributed by atoms with Gasteiger partial charge in [0, 0.05) is 11.8 Å². The topological polar surface area (TPSA) is 61.3 Å². The number of rotatable bonds is 2. The molecule has 0 bridgehead atoms. The van der Waals surface area contributed by atoms with Crippen LogP contribution >= 0.6 is 0 Å². The molecule has 4 rings (SSSR count). The Kier molecular flexibility index (Phi) is 2.86. The lowest BCUT2D eigenvalue weighted by Crippen LogP contribution is -1.86. The number of phenols is 1. The third-order valence-electron chi connectivity index (χ3n) is 3.64. The van der Waals surface area contributed by atoms with Crippen molar-refractivity contribution in [2.45, 2.75) is 0 Å². The smallest absolute Gasteiger partial charge is 0.227 e. The normalized spacial score (nSPS) is 11.6. The van der Waals surface area contributed by atoms with E-state index in [2.05, 4.69) is 15.0 Å². The standard InChI is InChI=1S/C18H13N3O/c22-17-10-9-12-5-1-2-6-13(12)14(17)11-19-18-20-15-7-3-4-8-16(15)21-18/h1-11,22H,(H,20,21)/b19-11+. The van der Waals surface area contributed by atoms with Crippen LogP contribution in [0.15, 0.2) is 65.7 Å². The predicted molar refractivity (Wildman–Crippen MR) is 89.0 cm³/mol. The van der Waals surface area contributed by atoms with Gasteiger partial charge in [-0.3, -0.25) is 0 Å². The van der Waals surface area contributed by atoms with Crippen LogP contribution in [0.5, 0.6) is 5.75 Å². The Balaban J connectivity index is 1.81. The molecule has 3 aromatic carbocycles. The third kappa shape index (κ3) is 2.11. The highest BCUT2D eigenvalue weighted by atomic mass is 16.3. The average molecular weight is 287 g/mol. The molecule has 0 saturated carbocycles. The fourth-order valence-electron chi connectivity index (χ4n) is 2.55. The van der Waals surface area contributed by atoms with Gasteiger partial charge in [0.05, 0.1) is 11.0 Å². The number of aromatic hydroxyl groups is 1. The van der Waals surface area contributed by atoms with Crippen LogP contribution in [0.4, 0.5) is 5.95 Å². The molecular weight excluding hydrogens is 274 g/mol. The van der Waals surface area contributed by atoms with E-state index in [4.69, 9.17) is 0 Å². The van der Waals surface area contributed by atoms with Gasteiger partial charge in [-0.2, -0.15) is 0 Å². The first-order chi connectivity index (χ1) is 10.8. The maximum Gasteiger partial charge on any atom is 0.227 e. The summed E-state index contributed by atoms with van der Waals surface area (Å²) >= 11 is 0. The molecule has 0 aliphatic rings. The molecule has 1 heterocycles. The quantitative estimate of drug-likeness (QED) is 0.543. The Morgan fingerprint density at radius 3 is 2.68 bits per heavy atom. The van der Waals surface area contributed by atoms with Crippen molar-refractivity contribution >= 4 is 34.0 Å². The monoisotopic (exact) mass is 287 g/mol. The van der Waals surface area contributed by atoms with Gasteiger partial charge in [-0.05, 0) is 29.0 Å². The molecule has 0 aliphatic heterocycles. The molecule has 4 heteroatoms. The first-order valence-electron chi connectivity index (χ1n) is 7.01. The van der Waals surface area contributed by atoms with Crippen molar-refractivity contribution in [3.8, 4) is 5.75 Å². The van der Waals surface area contributed by atoms with Gasteiger partial charge in [-0.1, -0.05) is 42.5 Å². The summed E-state index contributed by atoms with van der Waals surface area (Å²) in [5, 5.41) is 12.1. The number of benzene rings is 3. The Morgan fingerprint density at radius 1 is 0.955 bits per heavy atom.